The second kappa shape index (κ2) is 7.41. The van der Waals surface area contributed by atoms with Crippen molar-refractivity contribution in [3.63, 3.8) is 0 Å². The van der Waals surface area contributed by atoms with Crippen molar-refractivity contribution in [1.29, 1.82) is 0 Å². The number of ether oxygens (including phenoxy) is 1. The lowest BCUT2D eigenvalue weighted by atomic mass is 9.80. The van der Waals surface area contributed by atoms with Crippen molar-refractivity contribution >= 4 is 5.91 Å². The summed E-state index contributed by atoms with van der Waals surface area (Å²) in [6.45, 7) is 7.33. The first-order valence-electron chi connectivity index (χ1n) is 8.28. The van der Waals surface area contributed by atoms with Gasteiger partial charge in [-0.3, -0.25) is 4.79 Å². The molecule has 2 heterocycles. The van der Waals surface area contributed by atoms with E-state index in [0.29, 0.717) is 5.92 Å². The normalized spacial score (nSPS) is 32.0. The first-order chi connectivity index (χ1) is 9.67. The summed E-state index contributed by atoms with van der Waals surface area (Å²) in [6.07, 6.45) is 7.15. The summed E-state index contributed by atoms with van der Waals surface area (Å²) in [4.78, 5) is 18.1. The lowest BCUT2D eigenvalue weighted by Crippen LogP contribution is -2.62. The molecule has 0 aliphatic carbocycles. The smallest absolute Gasteiger partial charge is 0.251 e. The molecule has 1 amide bonds. The fourth-order valence-electron chi connectivity index (χ4n) is 3.10. The quantitative estimate of drug-likeness (QED) is 0.671. The Morgan fingerprint density at radius 2 is 2.20 bits per heavy atom. The third-order valence-electron chi connectivity index (χ3n) is 4.61. The Bertz CT molecular complexity index is 315. The highest BCUT2D eigenvalue weighted by atomic mass is 16.8. The molecule has 20 heavy (non-hydrogen) atoms. The van der Waals surface area contributed by atoms with Crippen LogP contribution in [0, 0.1) is 11.8 Å². The van der Waals surface area contributed by atoms with Crippen molar-refractivity contribution in [3.8, 4) is 0 Å². The van der Waals surface area contributed by atoms with Gasteiger partial charge in [0.2, 0.25) is 0 Å². The van der Waals surface area contributed by atoms with E-state index in [2.05, 4.69) is 20.8 Å². The van der Waals surface area contributed by atoms with Gasteiger partial charge in [0.1, 0.15) is 0 Å². The number of carbonyl (C=O) groups excluding carboxylic acids is 1. The average molecular weight is 283 g/mol. The molecule has 0 radical (unpaired) electrons. The molecule has 2 unspecified atom stereocenters. The minimum Gasteiger partial charge on any atom is -0.350 e. The van der Waals surface area contributed by atoms with Gasteiger partial charge >= 0.3 is 0 Å². The van der Waals surface area contributed by atoms with Gasteiger partial charge < -0.3 is 4.74 Å². The molecule has 2 fully saturated rings. The van der Waals surface area contributed by atoms with Crippen LogP contribution in [0.25, 0.3) is 0 Å². The van der Waals surface area contributed by atoms with E-state index in [1.165, 1.54) is 0 Å². The van der Waals surface area contributed by atoms with Gasteiger partial charge in [0.15, 0.2) is 6.29 Å². The zero-order valence-electron chi connectivity index (χ0n) is 13.1. The van der Waals surface area contributed by atoms with Crippen molar-refractivity contribution < 1.29 is 14.4 Å². The summed E-state index contributed by atoms with van der Waals surface area (Å²) >= 11 is 0. The molecule has 0 aromatic heterocycles. The Morgan fingerprint density at radius 3 is 2.80 bits per heavy atom. The minimum absolute atomic E-state index is 0.161. The minimum atomic E-state index is -0.211. The molecule has 0 saturated carbocycles. The fourth-order valence-corrected chi connectivity index (χ4v) is 3.10. The van der Waals surface area contributed by atoms with Crippen LogP contribution in [0.3, 0.4) is 0 Å². The van der Waals surface area contributed by atoms with Crippen LogP contribution in [0.15, 0.2) is 0 Å². The molecule has 2 aliphatic rings. The summed E-state index contributed by atoms with van der Waals surface area (Å²) in [5.41, 5.74) is 0. The van der Waals surface area contributed by atoms with E-state index < -0.39 is 0 Å². The topological polar surface area (TPSA) is 38.8 Å². The molecule has 0 bridgehead atoms. The SMILES string of the molecule is CCC[C@H]1[C@@H](CC(C)CC)C(=O)N1OC1CCCCO1. The Kier molecular flexibility index (Phi) is 5.85. The van der Waals surface area contributed by atoms with Gasteiger partial charge in [0.05, 0.1) is 12.0 Å². The molecular formula is C16H29NO3. The molecule has 2 saturated heterocycles. The first kappa shape index (κ1) is 15.8. The monoisotopic (exact) mass is 283 g/mol. The van der Waals surface area contributed by atoms with Gasteiger partial charge in [-0.05, 0) is 31.6 Å². The molecule has 0 aromatic carbocycles. The molecular weight excluding hydrogens is 254 g/mol. The van der Waals surface area contributed by atoms with E-state index in [1.807, 2.05) is 0 Å². The van der Waals surface area contributed by atoms with Crippen molar-refractivity contribution in [3.05, 3.63) is 0 Å². The van der Waals surface area contributed by atoms with E-state index in [-0.39, 0.29) is 24.2 Å². The fraction of sp³-hybridized carbons (Fsp3) is 0.938. The third-order valence-corrected chi connectivity index (χ3v) is 4.61. The second-order valence-corrected chi connectivity index (χ2v) is 6.28. The number of amides is 1. The van der Waals surface area contributed by atoms with E-state index in [4.69, 9.17) is 9.57 Å². The average Bonchev–Trinajstić information content (AvgIpc) is 2.49. The van der Waals surface area contributed by atoms with Crippen molar-refractivity contribution in [2.24, 2.45) is 11.8 Å². The molecule has 0 spiro atoms. The molecule has 4 nitrogen and oxygen atoms in total. The van der Waals surface area contributed by atoms with Crippen LogP contribution in [0.4, 0.5) is 0 Å². The molecule has 2 rings (SSSR count). The standard InChI is InChI=1S/C16H29NO3/c1-4-8-14-13(11-12(3)5-2)16(18)17(14)20-15-9-6-7-10-19-15/h12-15H,4-11H2,1-3H3/t12?,13-,14+,15?/m1/s1. The van der Waals surface area contributed by atoms with Crippen LogP contribution < -0.4 is 0 Å². The maximum absolute atomic E-state index is 12.3. The zero-order valence-corrected chi connectivity index (χ0v) is 13.1. The van der Waals surface area contributed by atoms with E-state index >= 15 is 0 Å². The van der Waals surface area contributed by atoms with Gasteiger partial charge in [-0.15, -0.1) is 0 Å². The molecule has 116 valence electrons. The van der Waals surface area contributed by atoms with Crippen molar-refractivity contribution in [2.75, 3.05) is 6.61 Å². The number of hydrogen-bond acceptors (Lipinski definition) is 3. The second-order valence-electron chi connectivity index (χ2n) is 6.28. The van der Waals surface area contributed by atoms with Gasteiger partial charge in [-0.2, -0.15) is 0 Å². The predicted octanol–water partition coefficient (Wildman–Crippen LogP) is 3.51. The van der Waals surface area contributed by atoms with E-state index in [1.54, 1.807) is 5.06 Å². The van der Waals surface area contributed by atoms with Crippen LogP contribution in [-0.2, 0) is 14.4 Å². The highest BCUT2D eigenvalue weighted by molar-refractivity contribution is 5.84. The maximum Gasteiger partial charge on any atom is 0.251 e. The van der Waals surface area contributed by atoms with Crippen molar-refractivity contribution in [2.45, 2.75) is 78.0 Å². The van der Waals surface area contributed by atoms with E-state index in [0.717, 1.165) is 51.6 Å². The third kappa shape index (κ3) is 3.53. The van der Waals surface area contributed by atoms with Crippen LogP contribution in [0.1, 0.15) is 65.7 Å². The predicted molar refractivity (Wildman–Crippen MR) is 77.8 cm³/mol. The van der Waals surface area contributed by atoms with Gasteiger partial charge in [-0.1, -0.05) is 33.6 Å². The number of rotatable bonds is 7. The van der Waals surface area contributed by atoms with Crippen LogP contribution in [-0.4, -0.2) is 29.9 Å². The van der Waals surface area contributed by atoms with Gasteiger partial charge in [0, 0.05) is 13.0 Å². The largest absolute Gasteiger partial charge is 0.350 e. The number of nitrogens with zero attached hydrogens (tertiary/aromatic N) is 1. The molecule has 0 aromatic rings. The molecule has 4 atom stereocenters. The summed E-state index contributed by atoms with van der Waals surface area (Å²) in [5.74, 6) is 0.933. The molecule has 0 N–H and O–H groups in total. The lowest BCUT2D eigenvalue weighted by molar-refractivity contribution is -0.320. The highest BCUT2D eigenvalue weighted by Gasteiger charge is 2.48. The van der Waals surface area contributed by atoms with Gasteiger partial charge in [0.25, 0.3) is 5.91 Å². The van der Waals surface area contributed by atoms with Crippen LogP contribution in [0.2, 0.25) is 0 Å². The Hall–Kier alpha value is -0.610. The summed E-state index contributed by atoms with van der Waals surface area (Å²) in [7, 11) is 0. The zero-order chi connectivity index (χ0) is 14.5. The number of hydroxylamine groups is 2. The Morgan fingerprint density at radius 1 is 1.40 bits per heavy atom. The number of carbonyl (C=O) groups is 1. The first-order valence-corrected chi connectivity index (χ1v) is 8.28. The number of hydrogen-bond donors (Lipinski definition) is 0. The van der Waals surface area contributed by atoms with E-state index in [9.17, 15) is 4.79 Å². The van der Waals surface area contributed by atoms with Crippen LogP contribution in [0.5, 0.6) is 0 Å². The summed E-state index contributed by atoms with van der Waals surface area (Å²) in [6, 6.07) is 0.257. The molecule has 4 heteroatoms. The maximum atomic E-state index is 12.3. The van der Waals surface area contributed by atoms with Gasteiger partial charge in [-0.25, -0.2) is 9.90 Å². The summed E-state index contributed by atoms with van der Waals surface area (Å²) in [5, 5.41) is 1.62. The Balaban J connectivity index is 1.89. The number of β-lactam (4-membered cyclic amide) rings is 1. The van der Waals surface area contributed by atoms with Crippen molar-refractivity contribution in [1.82, 2.24) is 5.06 Å². The summed E-state index contributed by atoms with van der Waals surface area (Å²) < 4.78 is 5.58. The Labute approximate surface area is 122 Å². The highest BCUT2D eigenvalue weighted by Crippen LogP contribution is 2.36. The van der Waals surface area contributed by atoms with Crippen LogP contribution >= 0.6 is 0 Å². The lowest BCUT2D eigenvalue weighted by Gasteiger charge is -2.48. The molecule has 2 aliphatic heterocycles.